The van der Waals surface area contributed by atoms with E-state index in [1.165, 1.54) is 0 Å². The average Bonchev–Trinajstić information content (AvgIpc) is 1.64. The van der Waals surface area contributed by atoms with Crippen molar-refractivity contribution in [2.45, 2.75) is 0 Å². The lowest BCUT2D eigenvalue weighted by Gasteiger charge is -2.22. The van der Waals surface area contributed by atoms with E-state index in [-0.39, 0.29) is 6.09 Å². The molecule has 0 radical (unpaired) electrons. The summed E-state index contributed by atoms with van der Waals surface area (Å²) in [5.41, 5.74) is 2.45. The number of nitrogens with zero attached hydrogens (tertiary/aromatic N) is 1. The summed E-state index contributed by atoms with van der Waals surface area (Å²) in [5.74, 6) is 0. The average molecular weight is 116 g/mol. The Bertz CT molecular complexity index is 104. The Morgan fingerprint density at radius 1 is 1.88 bits per heavy atom. The third-order valence-corrected chi connectivity index (χ3v) is 0.942. The Kier molecular flexibility index (Phi) is 1.34. The number of carbonyl (C=O) groups is 1. The van der Waals surface area contributed by atoms with E-state index in [0.29, 0.717) is 6.61 Å². The van der Waals surface area contributed by atoms with Crippen molar-refractivity contribution in [1.82, 2.24) is 10.4 Å². The first-order chi connectivity index (χ1) is 3.79. The zero-order valence-electron chi connectivity index (χ0n) is 4.68. The Labute approximate surface area is 47.4 Å². The maximum Gasteiger partial charge on any atom is 0.421 e. The third-order valence-electron chi connectivity index (χ3n) is 0.942. The van der Waals surface area contributed by atoms with E-state index >= 15 is 0 Å². The van der Waals surface area contributed by atoms with Gasteiger partial charge in [0.15, 0.2) is 0 Å². The molecule has 1 heterocycles. The summed E-state index contributed by atoms with van der Waals surface area (Å²) in [7, 11) is 1.79. The van der Waals surface area contributed by atoms with Crippen molar-refractivity contribution in [3.05, 3.63) is 0 Å². The van der Waals surface area contributed by atoms with E-state index in [4.69, 9.17) is 0 Å². The van der Waals surface area contributed by atoms with Gasteiger partial charge in [-0.05, 0) is 0 Å². The number of nitrogens with one attached hydrogen (secondary N) is 1. The van der Waals surface area contributed by atoms with Crippen LogP contribution in [0.15, 0.2) is 0 Å². The molecule has 0 unspecified atom stereocenters. The monoisotopic (exact) mass is 116 g/mol. The number of amides is 1. The highest BCUT2D eigenvalue weighted by molar-refractivity contribution is 5.66. The summed E-state index contributed by atoms with van der Waals surface area (Å²) in [5, 5.41) is 1.69. The van der Waals surface area contributed by atoms with Crippen molar-refractivity contribution >= 4 is 6.09 Å². The SMILES string of the molecule is CN1CCOC(=O)N1. The first-order valence-corrected chi connectivity index (χ1v) is 2.43. The normalized spacial score (nSPS) is 21.9. The van der Waals surface area contributed by atoms with Crippen LogP contribution in [0.2, 0.25) is 0 Å². The van der Waals surface area contributed by atoms with Gasteiger partial charge in [0.1, 0.15) is 6.61 Å². The fourth-order valence-electron chi connectivity index (χ4n) is 0.519. The molecule has 1 aliphatic rings. The number of rotatable bonds is 0. The van der Waals surface area contributed by atoms with Gasteiger partial charge >= 0.3 is 6.09 Å². The molecule has 1 saturated heterocycles. The Hall–Kier alpha value is -0.770. The summed E-state index contributed by atoms with van der Waals surface area (Å²) >= 11 is 0. The number of likely N-dealkylation sites (N-methyl/N-ethyl adjacent to an activating group) is 1. The molecular formula is C4H8N2O2. The van der Waals surface area contributed by atoms with E-state index in [1.54, 1.807) is 12.1 Å². The topological polar surface area (TPSA) is 41.6 Å². The summed E-state index contributed by atoms with van der Waals surface area (Å²) in [6.07, 6.45) is -0.362. The summed E-state index contributed by atoms with van der Waals surface area (Å²) in [6.45, 7) is 1.24. The van der Waals surface area contributed by atoms with Crippen molar-refractivity contribution in [2.24, 2.45) is 0 Å². The minimum Gasteiger partial charge on any atom is -0.447 e. The predicted molar refractivity (Wildman–Crippen MR) is 27.1 cm³/mol. The van der Waals surface area contributed by atoms with Gasteiger partial charge in [-0.25, -0.2) is 9.80 Å². The minimum atomic E-state index is -0.362. The largest absolute Gasteiger partial charge is 0.447 e. The number of hydrogen-bond donors (Lipinski definition) is 1. The highest BCUT2D eigenvalue weighted by Gasteiger charge is 2.10. The summed E-state index contributed by atoms with van der Waals surface area (Å²) in [6, 6.07) is 0. The molecule has 1 fully saturated rings. The molecule has 0 spiro atoms. The molecular weight excluding hydrogens is 108 g/mol. The molecule has 46 valence electrons. The molecule has 0 saturated carbocycles. The lowest BCUT2D eigenvalue weighted by molar-refractivity contribution is 0.0656. The lowest BCUT2D eigenvalue weighted by atomic mass is 10.6. The molecule has 0 aromatic carbocycles. The van der Waals surface area contributed by atoms with Crippen LogP contribution in [0.1, 0.15) is 0 Å². The van der Waals surface area contributed by atoms with Crippen molar-refractivity contribution in [3.8, 4) is 0 Å². The van der Waals surface area contributed by atoms with Gasteiger partial charge < -0.3 is 4.74 Å². The molecule has 4 heteroatoms. The van der Waals surface area contributed by atoms with E-state index in [9.17, 15) is 4.79 Å². The van der Waals surface area contributed by atoms with Gasteiger partial charge in [-0.3, -0.25) is 5.43 Å². The summed E-state index contributed by atoms with van der Waals surface area (Å²) in [4.78, 5) is 10.3. The fraction of sp³-hybridized carbons (Fsp3) is 0.750. The first-order valence-electron chi connectivity index (χ1n) is 2.43. The second-order valence-electron chi connectivity index (χ2n) is 1.67. The molecule has 1 amide bonds. The molecule has 1 N–H and O–H groups in total. The van der Waals surface area contributed by atoms with Gasteiger partial charge in [0.05, 0.1) is 6.54 Å². The second kappa shape index (κ2) is 2.00. The van der Waals surface area contributed by atoms with Crippen LogP contribution in [-0.2, 0) is 4.74 Å². The van der Waals surface area contributed by atoms with Crippen LogP contribution in [0.5, 0.6) is 0 Å². The summed E-state index contributed by atoms with van der Waals surface area (Å²) < 4.78 is 4.56. The lowest BCUT2D eigenvalue weighted by Crippen LogP contribution is -2.46. The van der Waals surface area contributed by atoms with Crippen LogP contribution < -0.4 is 5.43 Å². The Morgan fingerprint density at radius 3 is 3.00 bits per heavy atom. The maximum absolute atomic E-state index is 10.3. The molecule has 0 aromatic rings. The van der Waals surface area contributed by atoms with E-state index < -0.39 is 0 Å². The smallest absolute Gasteiger partial charge is 0.421 e. The number of cyclic esters (lactones) is 1. The van der Waals surface area contributed by atoms with Crippen molar-refractivity contribution in [3.63, 3.8) is 0 Å². The van der Waals surface area contributed by atoms with Crippen molar-refractivity contribution in [2.75, 3.05) is 20.2 Å². The Morgan fingerprint density at radius 2 is 2.62 bits per heavy atom. The molecule has 4 nitrogen and oxygen atoms in total. The molecule has 1 aliphatic heterocycles. The van der Waals surface area contributed by atoms with Crippen LogP contribution >= 0.6 is 0 Å². The van der Waals surface area contributed by atoms with Crippen LogP contribution in [-0.4, -0.2) is 31.3 Å². The van der Waals surface area contributed by atoms with Crippen molar-refractivity contribution < 1.29 is 9.53 Å². The molecule has 0 aromatic heterocycles. The van der Waals surface area contributed by atoms with Crippen LogP contribution in [0.3, 0.4) is 0 Å². The highest BCUT2D eigenvalue weighted by Crippen LogP contribution is 1.87. The standard InChI is InChI=1S/C4H8N2O2/c1-6-2-3-8-4(7)5-6/h2-3H2,1H3,(H,5,7). The molecule has 8 heavy (non-hydrogen) atoms. The molecule has 1 rings (SSSR count). The van der Waals surface area contributed by atoms with E-state index in [0.717, 1.165) is 6.54 Å². The van der Waals surface area contributed by atoms with Gasteiger partial charge in [-0.2, -0.15) is 0 Å². The van der Waals surface area contributed by atoms with Gasteiger partial charge in [-0.15, -0.1) is 0 Å². The number of ether oxygens (including phenoxy) is 1. The number of carbonyl (C=O) groups excluding carboxylic acids is 1. The van der Waals surface area contributed by atoms with Crippen LogP contribution in [0.4, 0.5) is 4.79 Å². The minimum absolute atomic E-state index is 0.362. The van der Waals surface area contributed by atoms with Crippen molar-refractivity contribution in [1.29, 1.82) is 0 Å². The number of hydrogen-bond acceptors (Lipinski definition) is 3. The van der Waals surface area contributed by atoms with Gasteiger partial charge in [0.2, 0.25) is 0 Å². The highest BCUT2D eigenvalue weighted by atomic mass is 16.6. The Balaban J connectivity index is 2.34. The maximum atomic E-state index is 10.3. The van der Waals surface area contributed by atoms with E-state index in [2.05, 4.69) is 10.2 Å². The van der Waals surface area contributed by atoms with Crippen LogP contribution in [0, 0.1) is 0 Å². The zero-order valence-corrected chi connectivity index (χ0v) is 4.68. The predicted octanol–water partition coefficient (Wildman–Crippen LogP) is -0.427. The zero-order chi connectivity index (χ0) is 5.98. The quantitative estimate of drug-likeness (QED) is 0.467. The molecule has 0 atom stereocenters. The number of hydrazine groups is 1. The molecule has 0 bridgehead atoms. The first kappa shape index (κ1) is 5.37. The second-order valence-corrected chi connectivity index (χ2v) is 1.67. The van der Waals surface area contributed by atoms with Gasteiger partial charge in [0.25, 0.3) is 0 Å². The molecule has 0 aliphatic carbocycles. The van der Waals surface area contributed by atoms with Gasteiger partial charge in [-0.1, -0.05) is 0 Å². The van der Waals surface area contributed by atoms with Crippen LogP contribution in [0.25, 0.3) is 0 Å². The third kappa shape index (κ3) is 1.10. The fourth-order valence-corrected chi connectivity index (χ4v) is 0.519. The van der Waals surface area contributed by atoms with Gasteiger partial charge in [0, 0.05) is 7.05 Å². The van der Waals surface area contributed by atoms with E-state index in [1.807, 2.05) is 0 Å².